The summed E-state index contributed by atoms with van der Waals surface area (Å²) in [6, 6.07) is 1.63. The van der Waals surface area contributed by atoms with Crippen molar-refractivity contribution in [3.8, 4) is 6.07 Å². The summed E-state index contributed by atoms with van der Waals surface area (Å²) < 4.78 is 9.12. The standard InChI is InChI=1S/C9H11NO4/c1-3-13-9(12)7(2)6-14-8(11)4-5-10/h6H,3-4H2,1-2H3/b7-6+. The maximum Gasteiger partial charge on any atom is 0.336 e. The number of nitrogens with zero attached hydrogens (tertiary/aromatic N) is 1. The molecule has 0 amide bonds. The zero-order valence-electron chi connectivity index (χ0n) is 8.07. The average molecular weight is 197 g/mol. The number of hydrogen-bond donors (Lipinski definition) is 0. The lowest BCUT2D eigenvalue weighted by molar-refractivity contribution is -0.139. The molecule has 5 heteroatoms. The van der Waals surface area contributed by atoms with Crippen molar-refractivity contribution in [2.75, 3.05) is 6.61 Å². The van der Waals surface area contributed by atoms with Gasteiger partial charge in [0.25, 0.3) is 0 Å². The topological polar surface area (TPSA) is 76.4 Å². The van der Waals surface area contributed by atoms with Crippen molar-refractivity contribution in [3.63, 3.8) is 0 Å². The first-order chi connectivity index (χ1) is 6.61. The molecule has 0 aromatic heterocycles. The van der Waals surface area contributed by atoms with E-state index in [9.17, 15) is 9.59 Å². The summed E-state index contributed by atoms with van der Waals surface area (Å²) in [6.45, 7) is 3.39. The van der Waals surface area contributed by atoms with Crippen molar-refractivity contribution in [1.29, 1.82) is 5.26 Å². The number of nitriles is 1. The van der Waals surface area contributed by atoms with E-state index in [4.69, 9.17) is 5.26 Å². The normalized spacial score (nSPS) is 10.2. The predicted octanol–water partition coefficient (Wildman–Crippen LogP) is 0.910. The van der Waals surface area contributed by atoms with Gasteiger partial charge >= 0.3 is 11.9 Å². The van der Waals surface area contributed by atoms with Gasteiger partial charge in [-0.1, -0.05) is 0 Å². The van der Waals surface area contributed by atoms with Gasteiger partial charge in [-0.15, -0.1) is 0 Å². The summed E-state index contributed by atoms with van der Waals surface area (Å²) in [7, 11) is 0. The molecule has 0 saturated heterocycles. The number of esters is 2. The first kappa shape index (κ1) is 12.2. The molecule has 0 aliphatic rings. The van der Waals surface area contributed by atoms with Crippen molar-refractivity contribution in [1.82, 2.24) is 0 Å². The Morgan fingerprint density at radius 3 is 2.64 bits per heavy atom. The highest BCUT2D eigenvalue weighted by molar-refractivity contribution is 5.87. The van der Waals surface area contributed by atoms with E-state index >= 15 is 0 Å². The molecule has 0 aromatic rings. The maximum absolute atomic E-state index is 11.0. The number of ether oxygens (including phenoxy) is 2. The highest BCUT2D eigenvalue weighted by atomic mass is 16.5. The van der Waals surface area contributed by atoms with Crippen LogP contribution < -0.4 is 0 Å². The fourth-order valence-electron chi connectivity index (χ4n) is 0.553. The summed E-state index contributed by atoms with van der Waals surface area (Å²) in [4.78, 5) is 21.7. The van der Waals surface area contributed by atoms with Crippen LogP contribution in [0.5, 0.6) is 0 Å². The third-order valence-corrected chi connectivity index (χ3v) is 1.19. The van der Waals surface area contributed by atoms with Crippen LogP contribution in [0.2, 0.25) is 0 Å². The van der Waals surface area contributed by atoms with Gasteiger partial charge in [0, 0.05) is 0 Å². The third kappa shape index (κ3) is 4.93. The first-order valence-corrected chi connectivity index (χ1v) is 4.02. The summed E-state index contributed by atoms with van der Waals surface area (Å²) in [5, 5.41) is 8.13. The monoisotopic (exact) mass is 197 g/mol. The van der Waals surface area contributed by atoms with E-state index in [1.807, 2.05) is 0 Å². The zero-order chi connectivity index (χ0) is 11.0. The van der Waals surface area contributed by atoms with Gasteiger partial charge in [-0.2, -0.15) is 5.26 Å². The van der Waals surface area contributed by atoms with E-state index in [2.05, 4.69) is 9.47 Å². The molecule has 0 atom stereocenters. The lowest BCUT2D eigenvalue weighted by atomic mass is 10.3. The molecule has 5 nitrogen and oxygen atoms in total. The molecule has 0 rings (SSSR count). The van der Waals surface area contributed by atoms with Crippen LogP contribution in [0.3, 0.4) is 0 Å². The molecule has 0 radical (unpaired) electrons. The van der Waals surface area contributed by atoms with Crippen LogP contribution in [0.15, 0.2) is 11.8 Å². The lowest BCUT2D eigenvalue weighted by Gasteiger charge is -2.00. The van der Waals surface area contributed by atoms with Gasteiger partial charge in [0.15, 0.2) is 0 Å². The van der Waals surface area contributed by atoms with E-state index < -0.39 is 11.9 Å². The molecule has 0 spiro atoms. The first-order valence-electron chi connectivity index (χ1n) is 4.02. The number of carbonyl (C=O) groups is 2. The van der Waals surface area contributed by atoms with Gasteiger partial charge in [0.2, 0.25) is 0 Å². The van der Waals surface area contributed by atoms with Crippen molar-refractivity contribution >= 4 is 11.9 Å². The lowest BCUT2D eigenvalue weighted by Crippen LogP contribution is -2.07. The van der Waals surface area contributed by atoms with E-state index in [-0.39, 0.29) is 18.6 Å². The minimum atomic E-state index is -0.698. The fraction of sp³-hybridized carbons (Fsp3) is 0.444. The Morgan fingerprint density at radius 2 is 2.14 bits per heavy atom. The van der Waals surface area contributed by atoms with Crippen LogP contribution in [-0.2, 0) is 19.1 Å². The van der Waals surface area contributed by atoms with Crippen molar-refractivity contribution in [3.05, 3.63) is 11.8 Å². The van der Waals surface area contributed by atoms with E-state index in [1.165, 1.54) is 6.92 Å². The summed E-state index contributed by atoms with van der Waals surface area (Å²) in [5.41, 5.74) is 0.179. The van der Waals surface area contributed by atoms with E-state index in [1.54, 1.807) is 13.0 Å². The molecule has 0 saturated carbocycles. The van der Waals surface area contributed by atoms with E-state index in [0.717, 1.165) is 6.26 Å². The summed E-state index contributed by atoms with van der Waals surface area (Å²) in [5.74, 6) is -1.24. The van der Waals surface area contributed by atoms with Gasteiger partial charge in [-0.25, -0.2) is 4.79 Å². The second kappa shape index (κ2) is 6.66. The number of rotatable bonds is 4. The molecule has 0 unspecified atom stereocenters. The Bertz CT molecular complexity index is 288. The molecule has 0 N–H and O–H groups in total. The van der Waals surface area contributed by atoms with Gasteiger partial charge in [-0.05, 0) is 13.8 Å². The Balaban J connectivity index is 4.06. The summed E-state index contributed by atoms with van der Waals surface area (Å²) in [6.07, 6.45) is 0.643. The summed E-state index contributed by atoms with van der Waals surface area (Å²) >= 11 is 0. The van der Waals surface area contributed by atoms with Crippen LogP contribution in [0.25, 0.3) is 0 Å². The van der Waals surface area contributed by atoms with Crippen molar-refractivity contribution < 1.29 is 19.1 Å². The maximum atomic E-state index is 11.0. The van der Waals surface area contributed by atoms with Crippen molar-refractivity contribution in [2.45, 2.75) is 20.3 Å². The zero-order valence-corrected chi connectivity index (χ0v) is 8.07. The van der Waals surface area contributed by atoms with Gasteiger partial charge in [0.1, 0.15) is 12.7 Å². The molecule has 76 valence electrons. The Morgan fingerprint density at radius 1 is 1.50 bits per heavy atom. The van der Waals surface area contributed by atoms with Crippen LogP contribution in [-0.4, -0.2) is 18.5 Å². The predicted molar refractivity (Wildman–Crippen MR) is 46.7 cm³/mol. The van der Waals surface area contributed by atoms with Gasteiger partial charge in [-0.3, -0.25) is 4.79 Å². The minimum absolute atomic E-state index is 0.179. The van der Waals surface area contributed by atoms with Crippen molar-refractivity contribution in [2.24, 2.45) is 0 Å². The van der Waals surface area contributed by atoms with Crippen LogP contribution in [0.1, 0.15) is 20.3 Å². The second-order valence-corrected chi connectivity index (χ2v) is 2.35. The Labute approximate surface area is 81.9 Å². The van der Waals surface area contributed by atoms with Gasteiger partial charge in [0.05, 0.1) is 18.2 Å². The highest BCUT2D eigenvalue weighted by Gasteiger charge is 2.06. The molecule has 0 fully saturated rings. The Hall–Kier alpha value is -1.83. The fourth-order valence-corrected chi connectivity index (χ4v) is 0.553. The third-order valence-electron chi connectivity index (χ3n) is 1.19. The molecule has 14 heavy (non-hydrogen) atoms. The Kier molecular flexibility index (Phi) is 5.79. The minimum Gasteiger partial charge on any atom is -0.463 e. The van der Waals surface area contributed by atoms with Gasteiger partial charge < -0.3 is 9.47 Å². The van der Waals surface area contributed by atoms with Crippen LogP contribution in [0, 0.1) is 11.3 Å². The average Bonchev–Trinajstić information content (AvgIpc) is 2.15. The molecular weight excluding hydrogens is 186 g/mol. The largest absolute Gasteiger partial charge is 0.463 e. The SMILES string of the molecule is CCOC(=O)/C(C)=C/OC(=O)CC#N. The smallest absolute Gasteiger partial charge is 0.336 e. The van der Waals surface area contributed by atoms with Crippen LogP contribution >= 0.6 is 0 Å². The molecule has 0 heterocycles. The second-order valence-electron chi connectivity index (χ2n) is 2.35. The quantitative estimate of drug-likeness (QED) is 0.380. The number of hydrogen-bond acceptors (Lipinski definition) is 5. The highest BCUT2D eigenvalue weighted by Crippen LogP contribution is 1.98. The number of carbonyl (C=O) groups excluding carboxylic acids is 2. The molecule has 0 aliphatic heterocycles. The van der Waals surface area contributed by atoms with Crippen LogP contribution in [0.4, 0.5) is 0 Å². The molecule has 0 aliphatic carbocycles. The molecular formula is C9H11NO4. The molecule has 0 bridgehead atoms. The molecule has 0 aromatic carbocycles. The van der Waals surface area contributed by atoms with E-state index in [0.29, 0.717) is 0 Å².